The van der Waals surface area contributed by atoms with E-state index >= 15 is 0 Å². The smallest absolute Gasteiger partial charge is 0.145 e. The maximum atomic E-state index is 5.48. The van der Waals surface area contributed by atoms with Crippen molar-refractivity contribution in [1.29, 1.82) is 0 Å². The highest BCUT2D eigenvalue weighted by Gasteiger charge is 2.24. The average molecular weight is 249 g/mol. The Morgan fingerprint density at radius 2 is 2.17 bits per heavy atom. The number of nitrogens with zero attached hydrogens (tertiary/aromatic N) is 3. The zero-order valence-electron chi connectivity index (χ0n) is 11.5. The van der Waals surface area contributed by atoms with Gasteiger partial charge in [-0.05, 0) is 25.7 Å². The molecule has 0 radical (unpaired) electrons. The number of rotatable bonds is 6. The molecule has 0 amide bonds. The van der Waals surface area contributed by atoms with Gasteiger partial charge >= 0.3 is 0 Å². The third-order valence-corrected chi connectivity index (χ3v) is 3.28. The maximum Gasteiger partial charge on any atom is 0.145 e. The van der Waals surface area contributed by atoms with Gasteiger partial charge in [0.25, 0.3) is 0 Å². The van der Waals surface area contributed by atoms with Crippen LogP contribution < -0.4 is 16.2 Å². The van der Waals surface area contributed by atoms with Gasteiger partial charge in [-0.3, -0.25) is 0 Å². The van der Waals surface area contributed by atoms with Gasteiger partial charge in [0.15, 0.2) is 0 Å². The van der Waals surface area contributed by atoms with Crippen molar-refractivity contribution >= 4 is 11.6 Å². The van der Waals surface area contributed by atoms with Crippen molar-refractivity contribution in [2.75, 3.05) is 23.4 Å². The van der Waals surface area contributed by atoms with E-state index in [0.717, 1.165) is 30.6 Å². The number of hydrogen-bond acceptors (Lipinski definition) is 5. The number of hydrazine groups is 1. The van der Waals surface area contributed by atoms with Crippen molar-refractivity contribution in [3.63, 3.8) is 0 Å². The van der Waals surface area contributed by atoms with E-state index in [-0.39, 0.29) is 0 Å². The normalized spacial score (nSPS) is 14.9. The van der Waals surface area contributed by atoms with Gasteiger partial charge in [0, 0.05) is 25.1 Å². The lowest BCUT2D eigenvalue weighted by Crippen LogP contribution is -2.27. The standard InChI is InChI=1S/C13H23N5/c1-4-18(8-10-5-6-10)12-7-11(17-14)15-13(16-12)9(2)3/h7,9-10H,4-6,8,14H2,1-3H3,(H,15,16,17). The Labute approximate surface area is 109 Å². The molecule has 0 saturated heterocycles. The summed E-state index contributed by atoms with van der Waals surface area (Å²) in [6.07, 6.45) is 2.70. The highest BCUT2D eigenvalue weighted by Crippen LogP contribution is 2.31. The fraction of sp³-hybridized carbons (Fsp3) is 0.692. The summed E-state index contributed by atoms with van der Waals surface area (Å²) in [6, 6.07) is 1.93. The summed E-state index contributed by atoms with van der Waals surface area (Å²) in [5.74, 6) is 9.15. The Morgan fingerprint density at radius 3 is 2.67 bits per heavy atom. The van der Waals surface area contributed by atoms with E-state index in [0.29, 0.717) is 11.7 Å². The second kappa shape index (κ2) is 5.52. The molecule has 1 fully saturated rings. The maximum absolute atomic E-state index is 5.48. The molecule has 1 aliphatic carbocycles. The summed E-state index contributed by atoms with van der Waals surface area (Å²) in [5.41, 5.74) is 2.63. The van der Waals surface area contributed by atoms with Crippen molar-refractivity contribution in [1.82, 2.24) is 9.97 Å². The van der Waals surface area contributed by atoms with Gasteiger partial charge in [-0.25, -0.2) is 15.8 Å². The minimum Gasteiger partial charge on any atom is -0.356 e. The number of nitrogens with one attached hydrogen (secondary N) is 1. The molecule has 5 heteroatoms. The first-order valence-corrected chi connectivity index (χ1v) is 6.74. The van der Waals surface area contributed by atoms with Crippen LogP contribution in [0.3, 0.4) is 0 Å². The van der Waals surface area contributed by atoms with Crippen LogP contribution in [0.4, 0.5) is 11.6 Å². The van der Waals surface area contributed by atoms with Crippen LogP contribution in [0.5, 0.6) is 0 Å². The number of hydrogen-bond donors (Lipinski definition) is 2. The second-order valence-corrected chi connectivity index (χ2v) is 5.25. The molecule has 100 valence electrons. The van der Waals surface area contributed by atoms with E-state index in [1.165, 1.54) is 12.8 Å². The quantitative estimate of drug-likeness (QED) is 0.597. The molecule has 5 nitrogen and oxygen atoms in total. The van der Waals surface area contributed by atoms with E-state index in [4.69, 9.17) is 5.84 Å². The molecule has 0 bridgehead atoms. The SMILES string of the molecule is CCN(CC1CC1)c1cc(NN)nc(C(C)C)n1. The third-order valence-electron chi connectivity index (χ3n) is 3.28. The van der Waals surface area contributed by atoms with E-state index in [9.17, 15) is 0 Å². The van der Waals surface area contributed by atoms with Crippen molar-refractivity contribution in [2.45, 2.75) is 39.5 Å². The lowest BCUT2D eigenvalue weighted by atomic mass is 10.2. The predicted octanol–water partition coefficient (Wildman–Crippen LogP) is 2.12. The van der Waals surface area contributed by atoms with Crippen molar-refractivity contribution in [3.8, 4) is 0 Å². The van der Waals surface area contributed by atoms with E-state index < -0.39 is 0 Å². The molecule has 0 aliphatic heterocycles. The Morgan fingerprint density at radius 1 is 1.44 bits per heavy atom. The molecule has 0 atom stereocenters. The summed E-state index contributed by atoms with van der Waals surface area (Å²) in [4.78, 5) is 11.4. The summed E-state index contributed by atoms with van der Waals surface area (Å²) in [6.45, 7) is 8.41. The number of anilines is 2. The van der Waals surface area contributed by atoms with Crippen LogP contribution >= 0.6 is 0 Å². The van der Waals surface area contributed by atoms with Gasteiger partial charge < -0.3 is 10.3 Å². The average Bonchev–Trinajstić information content (AvgIpc) is 3.19. The summed E-state index contributed by atoms with van der Waals surface area (Å²) in [7, 11) is 0. The van der Waals surface area contributed by atoms with Crippen molar-refractivity contribution in [3.05, 3.63) is 11.9 Å². The van der Waals surface area contributed by atoms with Gasteiger partial charge in [0.1, 0.15) is 17.5 Å². The highest BCUT2D eigenvalue weighted by atomic mass is 15.3. The Balaban J connectivity index is 2.25. The summed E-state index contributed by atoms with van der Waals surface area (Å²) < 4.78 is 0. The molecule has 1 heterocycles. The van der Waals surface area contributed by atoms with Crippen LogP contribution in [-0.4, -0.2) is 23.1 Å². The fourth-order valence-electron chi connectivity index (χ4n) is 1.94. The molecule has 1 aromatic heterocycles. The van der Waals surface area contributed by atoms with E-state index in [2.05, 4.69) is 41.1 Å². The van der Waals surface area contributed by atoms with E-state index in [1.807, 2.05) is 6.07 Å². The first kappa shape index (κ1) is 13.1. The van der Waals surface area contributed by atoms with Crippen molar-refractivity contribution in [2.24, 2.45) is 11.8 Å². The molecule has 18 heavy (non-hydrogen) atoms. The van der Waals surface area contributed by atoms with Crippen LogP contribution in [0.15, 0.2) is 6.07 Å². The van der Waals surface area contributed by atoms with Crippen LogP contribution in [0.2, 0.25) is 0 Å². The topological polar surface area (TPSA) is 67.1 Å². The number of nitrogen functional groups attached to an aromatic ring is 1. The molecule has 0 unspecified atom stereocenters. The summed E-state index contributed by atoms with van der Waals surface area (Å²) >= 11 is 0. The molecular formula is C13H23N5. The molecular weight excluding hydrogens is 226 g/mol. The van der Waals surface area contributed by atoms with Crippen LogP contribution in [0.25, 0.3) is 0 Å². The van der Waals surface area contributed by atoms with Crippen LogP contribution in [0, 0.1) is 5.92 Å². The molecule has 3 N–H and O–H groups in total. The molecule has 1 aliphatic rings. The molecule has 0 aromatic carbocycles. The lowest BCUT2D eigenvalue weighted by molar-refractivity contribution is 0.713. The monoisotopic (exact) mass is 249 g/mol. The Hall–Kier alpha value is -1.36. The zero-order chi connectivity index (χ0) is 13.1. The van der Waals surface area contributed by atoms with Gasteiger partial charge in [0.2, 0.25) is 0 Å². The molecule has 1 aromatic rings. The van der Waals surface area contributed by atoms with Crippen molar-refractivity contribution < 1.29 is 0 Å². The van der Waals surface area contributed by atoms with Crippen LogP contribution in [-0.2, 0) is 0 Å². The fourth-order valence-corrected chi connectivity index (χ4v) is 1.94. The van der Waals surface area contributed by atoms with E-state index in [1.54, 1.807) is 0 Å². The Kier molecular flexibility index (Phi) is 4.01. The minimum absolute atomic E-state index is 0.302. The lowest BCUT2D eigenvalue weighted by Gasteiger charge is -2.23. The number of nitrogens with two attached hydrogens (primary N) is 1. The Bertz CT molecular complexity index is 400. The molecule has 1 saturated carbocycles. The molecule has 0 spiro atoms. The van der Waals surface area contributed by atoms with Gasteiger partial charge in [-0.15, -0.1) is 0 Å². The summed E-state index contributed by atoms with van der Waals surface area (Å²) in [5, 5.41) is 0. The largest absolute Gasteiger partial charge is 0.356 e. The van der Waals surface area contributed by atoms with Gasteiger partial charge in [0.05, 0.1) is 0 Å². The first-order chi connectivity index (χ1) is 8.63. The zero-order valence-corrected chi connectivity index (χ0v) is 11.5. The van der Waals surface area contributed by atoms with Gasteiger partial charge in [-0.2, -0.15) is 0 Å². The number of aromatic nitrogens is 2. The third kappa shape index (κ3) is 3.10. The van der Waals surface area contributed by atoms with Gasteiger partial charge in [-0.1, -0.05) is 13.8 Å². The second-order valence-electron chi connectivity index (χ2n) is 5.25. The predicted molar refractivity (Wildman–Crippen MR) is 74.5 cm³/mol. The molecule has 2 rings (SSSR count). The first-order valence-electron chi connectivity index (χ1n) is 6.74. The minimum atomic E-state index is 0.302. The van der Waals surface area contributed by atoms with Crippen LogP contribution in [0.1, 0.15) is 45.4 Å². The highest BCUT2D eigenvalue weighted by molar-refractivity contribution is 5.49.